The zero-order valence-electron chi connectivity index (χ0n) is 7.55. The Kier molecular flexibility index (Phi) is 2.68. The van der Waals surface area contributed by atoms with Crippen molar-refractivity contribution in [3.63, 3.8) is 0 Å². The van der Waals surface area contributed by atoms with Gasteiger partial charge in [0.25, 0.3) is 0 Å². The Labute approximate surface area is 73.3 Å². The number of hydrogen-bond donors (Lipinski definition) is 1. The fraction of sp³-hybridized carbons (Fsp3) is 0.700. The predicted molar refractivity (Wildman–Crippen MR) is 47.8 cm³/mol. The quantitative estimate of drug-likeness (QED) is 0.637. The summed E-state index contributed by atoms with van der Waals surface area (Å²) < 4.78 is 0. The molecule has 1 fully saturated rings. The Morgan fingerprint density at radius 2 is 2.33 bits per heavy atom. The lowest BCUT2D eigenvalue weighted by atomic mass is 9.75. The molecule has 2 heteroatoms. The first-order valence-corrected chi connectivity index (χ1v) is 4.49. The lowest BCUT2D eigenvalue weighted by Gasteiger charge is -2.34. The molecule has 1 rings (SSSR count). The van der Waals surface area contributed by atoms with Gasteiger partial charge in [0.15, 0.2) is 5.78 Å². The maximum absolute atomic E-state index is 11.4. The van der Waals surface area contributed by atoms with Gasteiger partial charge in [-0.2, -0.15) is 0 Å². The van der Waals surface area contributed by atoms with E-state index in [2.05, 4.69) is 6.58 Å². The fourth-order valence-electron chi connectivity index (χ4n) is 1.71. The second-order valence-electron chi connectivity index (χ2n) is 3.58. The molecule has 1 N–H and O–H groups in total. The smallest absolute Gasteiger partial charge is 0.164 e. The number of Topliss-reactive ketones (excluding diaryl/α,β-unsaturated/α-hetero) is 1. The highest BCUT2D eigenvalue weighted by Gasteiger charge is 2.40. The summed E-state index contributed by atoms with van der Waals surface area (Å²) in [6, 6.07) is 0. The van der Waals surface area contributed by atoms with Crippen molar-refractivity contribution in [3.05, 3.63) is 12.7 Å². The van der Waals surface area contributed by atoms with E-state index in [0.717, 1.165) is 12.8 Å². The molecule has 0 heterocycles. The van der Waals surface area contributed by atoms with Crippen LogP contribution in [0, 0.1) is 5.92 Å². The lowest BCUT2D eigenvalue weighted by Crippen LogP contribution is -2.46. The summed E-state index contributed by atoms with van der Waals surface area (Å²) in [6.07, 6.45) is 4.64. The summed E-state index contributed by atoms with van der Waals surface area (Å²) in [7, 11) is 0. The van der Waals surface area contributed by atoms with Crippen molar-refractivity contribution < 1.29 is 9.90 Å². The summed E-state index contributed by atoms with van der Waals surface area (Å²) in [5, 5.41) is 9.99. The number of hydrogen-bond acceptors (Lipinski definition) is 2. The topological polar surface area (TPSA) is 37.3 Å². The molecule has 2 nitrogen and oxygen atoms in total. The predicted octanol–water partition coefficient (Wildman–Crippen LogP) is 1.68. The Morgan fingerprint density at radius 1 is 1.67 bits per heavy atom. The average molecular weight is 168 g/mol. The van der Waals surface area contributed by atoms with Crippen LogP contribution in [-0.2, 0) is 4.79 Å². The normalized spacial score (nSPS) is 33.0. The van der Waals surface area contributed by atoms with Crippen LogP contribution < -0.4 is 0 Å². The van der Waals surface area contributed by atoms with Crippen LogP contribution in [0.2, 0.25) is 0 Å². The van der Waals surface area contributed by atoms with E-state index in [9.17, 15) is 9.90 Å². The first-order valence-electron chi connectivity index (χ1n) is 4.49. The Hall–Kier alpha value is -0.630. The van der Waals surface area contributed by atoms with Crippen molar-refractivity contribution in [1.29, 1.82) is 0 Å². The molecule has 2 atom stereocenters. The zero-order valence-corrected chi connectivity index (χ0v) is 7.55. The molecular formula is C10H16O2. The minimum Gasteiger partial charge on any atom is -0.381 e. The van der Waals surface area contributed by atoms with Crippen molar-refractivity contribution in [3.8, 4) is 0 Å². The van der Waals surface area contributed by atoms with Crippen molar-refractivity contribution >= 4 is 5.78 Å². The number of rotatable bonds is 2. The summed E-state index contributed by atoms with van der Waals surface area (Å²) in [4.78, 5) is 11.4. The van der Waals surface area contributed by atoms with Gasteiger partial charge in [0, 0.05) is 12.3 Å². The molecule has 0 spiro atoms. The van der Waals surface area contributed by atoms with Gasteiger partial charge >= 0.3 is 0 Å². The van der Waals surface area contributed by atoms with Crippen LogP contribution in [0.5, 0.6) is 0 Å². The third-order valence-corrected chi connectivity index (χ3v) is 2.80. The van der Waals surface area contributed by atoms with Crippen molar-refractivity contribution in [2.24, 2.45) is 5.92 Å². The molecule has 0 amide bonds. The van der Waals surface area contributed by atoms with Gasteiger partial charge in [-0.1, -0.05) is 13.0 Å². The van der Waals surface area contributed by atoms with Crippen molar-refractivity contribution in [2.75, 3.05) is 0 Å². The maximum atomic E-state index is 11.4. The molecule has 0 aromatic heterocycles. The van der Waals surface area contributed by atoms with Gasteiger partial charge < -0.3 is 5.11 Å². The van der Waals surface area contributed by atoms with E-state index >= 15 is 0 Å². The summed E-state index contributed by atoms with van der Waals surface area (Å²) in [5.41, 5.74) is -1.11. The maximum Gasteiger partial charge on any atom is 0.164 e. The van der Waals surface area contributed by atoms with Gasteiger partial charge in [-0.3, -0.25) is 4.79 Å². The van der Waals surface area contributed by atoms with Crippen LogP contribution >= 0.6 is 0 Å². The minimum absolute atomic E-state index is 0.0128. The van der Waals surface area contributed by atoms with Crippen LogP contribution in [0.25, 0.3) is 0 Å². The van der Waals surface area contributed by atoms with Crippen LogP contribution in [0.1, 0.15) is 32.6 Å². The number of ketones is 1. The van der Waals surface area contributed by atoms with E-state index in [1.165, 1.54) is 0 Å². The van der Waals surface area contributed by atoms with E-state index in [1.54, 1.807) is 6.08 Å². The number of carbonyl (C=O) groups excluding carboxylic acids is 1. The first-order chi connectivity index (χ1) is 5.61. The zero-order chi connectivity index (χ0) is 9.19. The first kappa shape index (κ1) is 9.46. The number of carbonyl (C=O) groups is 1. The van der Waals surface area contributed by atoms with Crippen LogP contribution in [0.15, 0.2) is 12.7 Å². The molecule has 1 aliphatic carbocycles. The molecule has 68 valence electrons. The van der Waals surface area contributed by atoms with Gasteiger partial charge in [-0.05, 0) is 19.3 Å². The molecular weight excluding hydrogens is 152 g/mol. The highest BCUT2D eigenvalue weighted by atomic mass is 16.3. The second-order valence-corrected chi connectivity index (χ2v) is 3.58. The lowest BCUT2D eigenvalue weighted by molar-refractivity contribution is -0.144. The number of aliphatic hydroxyl groups is 1. The Morgan fingerprint density at radius 3 is 2.83 bits per heavy atom. The molecule has 0 aromatic carbocycles. The molecule has 1 aliphatic rings. The Bertz CT molecular complexity index is 198. The summed E-state index contributed by atoms with van der Waals surface area (Å²) >= 11 is 0. The van der Waals surface area contributed by atoms with Gasteiger partial charge in [0.05, 0.1) is 0 Å². The van der Waals surface area contributed by atoms with Crippen molar-refractivity contribution in [2.45, 2.75) is 38.2 Å². The van der Waals surface area contributed by atoms with Gasteiger partial charge in [-0.25, -0.2) is 0 Å². The van der Waals surface area contributed by atoms with Gasteiger partial charge in [0.2, 0.25) is 0 Å². The fourth-order valence-corrected chi connectivity index (χ4v) is 1.71. The largest absolute Gasteiger partial charge is 0.381 e. The molecule has 0 aliphatic heterocycles. The van der Waals surface area contributed by atoms with Crippen LogP contribution in [0.3, 0.4) is 0 Å². The minimum atomic E-state index is -1.11. The SMILES string of the molecule is C=C[C@H](C)[C@]1(O)CCCCC1=O. The molecule has 1 saturated carbocycles. The Balaban J connectivity index is 2.78. The van der Waals surface area contributed by atoms with E-state index in [-0.39, 0.29) is 11.7 Å². The highest BCUT2D eigenvalue weighted by Crippen LogP contribution is 2.31. The molecule has 0 unspecified atom stereocenters. The summed E-state index contributed by atoms with van der Waals surface area (Å²) in [5.74, 6) is -0.133. The third-order valence-electron chi connectivity index (χ3n) is 2.80. The van der Waals surface area contributed by atoms with E-state index in [1.807, 2.05) is 6.92 Å². The average Bonchev–Trinajstić information content (AvgIpc) is 2.09. The molecule has 0 saturated heterocycles. The molecule has 0 bridgehead atoms. The van der Waals surface area contributed by atoms with Gasteiger partial charge in [0.1, 0.15) is 5.60 Å². The molecule has 12 heavy (non-hydrogen) atoms. The monoisotopic (exact) mass is 168 g/mol. The molecule has 0 radical (unpaired) electrons. The van der Waals surface area contributed by atoms with Crippen molar-refractivity contribution in [1.82, 2.24) is 0 Å². The highest BCUT2D eigenvalue weighted by molar-refractivity contribution is 5.88. The van der Waals surface area contributed by atoms with E-state index in [0.29, 0.717) is 12.8 Å². The van der Waals surface area contributed by atoms with E-state index in [4.69, 9.17) is 0 Å². The standard InChI is InChI=1S/C10H16O2/c1-3-8(2)10(12)7-5-4-6-9(10)11/h3,8,12H,1,4-7H2,2H3/t8-,10+/m0/s1. The summed E-state index contributed by atoms with van der Waals surface area (Å²) in [6.45, 7) is 5.45. The van der Waals surface area contributed by atoms with Crippen LogP contribution in [0.4, 0.5) is 0 Å². The van der Waals surface area contributed by atoms with Crippen LogP contribution in [-0.4, -0.2) is 16.5 Å². The van der Waals surface area contributed by atoms with E-state index < -0.39 is 5.60 Å². The third kappa shape index (κ3) is 1.44. The second kappa shape index (κ2) is 3.40. The molecule has 0 aromatic rings. The van der Waals surface area contributed by atoms with Gasteiger partial charge in [-0.15, -0.1) is 6.58 Å².